The maximum atomic E-state index is 15.3. The number of amides is 2. The molecule has 12 heteroatoms. The van der Waals surface area contributed by atoms with E-state index in [2.05, 4.69) is 15.3 Å². The lowest BCUT2D eigenvalue weighted by Crippen LogP contribution is -2.64. The first-order valence-electron chi connectivity index (χ1n) is 15.2. The van der Waals surface area contributed by atoms with Gasteiger partial charge in [0.15, 0.2) is 5.82 Å². The van der Waals surface area contributed by atoms with Crippen molar-refractivity contribution >= 4 is 11.8 Å². The molecule has 2 amide bonds. The summed E-state index contributed by atoms with van der Waals surface area (Å²) >= 11 is 0. The zero-order valence-electron chi connectivity index (χ0n) is 26.2. The minimum atomic E-state index is -4.67. The molecule has 8 nitrogen and oxygen atoms in total. The van der Waals surface area contributed by atoms with Crippen molar-refractivity contribution in [2.45, 2.75) is 52.1 Å². The number of ether oxygens (including phenoxy) is 1. The van der Waals surface area contributed by atoms with Crippen LogP contribution in [-0.4, -0.2) is 56.8 Å². The Balaban J connectivity index is 1.34. The molecule has 0 aliphatic carbocycles. The molecule has 0 unspecified atom stereocenters. The molecule has 1 aliphatic rings. The van der Waals surface area contributed by atoms with E-state index in [4.69, 9.17) is 4.74 Å². The number of alkyl halides is 3. The fourth-order valence-corrected chi connectivity index (χ4v) is 5.63. The normalized spacial score (nSPS) is 17.1. The molecule has 1 aromatic heterocycles. The van der Waals surface area contributed by atoms with E-state index in [0.717, 1.165) is 17.2 Å². The summed E-state index contributed by atoms with van der Waals surface area (Å²) in [6.07, 6.45) is -1.36. The number of rotatable bonds is 9. The van der Waals surface area contributed by atoms with E-state index in [-0.39, 0.29) is 48.7 Å². The summed E-state index contributed by atoms with van der Waals surface area (Å²) in [5, 5.41) is 2.94. The Bertz CT molecular complexity index is 1700. The van der Waals surface area contributed by atoms with E-state index in [0.29, 0.717) is 12.4 Å². The molecule has 1 N–H and O–H groups in total. The first-order valence-corrected chi connectivity index (χ1v) is 15.2. The summed E-state index contributed by atoms with van der Waals surface area (Å²) in [6.45, 7) is 5.86. The zero-order chi connectivity index (χ0) is 33.7. The van der Waals surface area contributed by atoms with E-state index >= 15 is 4.39 Å². The Kier molecular flexibility index (Phi) is 10.2. The van der Waals surface area contributed by atoms with Gasteiger partial charge in [0, 0.05) is 61.7 Å². The SMILES string of the molecule is CC(C)C(=O)N1[C@H](C)CN(Cc2c(F)cccc2Oc2ccccc2C(F)(F)F)C[C@@H]1C(=O)NCc1ccc(-c2ncccn2)cc1. The quantitative estimate of drug-likeness (QED) is 0.209. The average molecular weight is 650 g/mol. The van der Waals surface area contributed by atoms with Crippen LogP contribution in [0.4, 0.5) is 17.6 Å². The molecule has 0 saturated carbocycles. The monoisotopic (exact) mass is 649 g/mol. The van der Waals surface area contributed by atoms with Crippen molar-refractivity contribution in [2.24, 2.45) is 5.92 Å². The Morgan fingerprint density at radius 2 is 1.62 bits per heavy atom. The third-order valence-corrected chi connectivity index (χ3v) is 7.93. The van der Waals surface area contributed by atoms with Crippen LogP contribution in [0.5, 0.6) is 11.5 Å². The van der Waals surface area contributed by atoms with E-state index in [9.17, 15) is 22.8 Å². The zero-order valence-corrected chi connectivity index (χ0v) is 26.2. The van der Waals surface area contributed by atoms with Crippen molar-refractivity contribution in [1.29, 1.82) is 0 Å². The number of piperazine rings is 1. The highest BCUT2D eigenvalue weighted by Gasteiger charge is 2.40. The second kappa shape index (κ2) is 14.3. The smallest absolute Gasteiger partial charge is 0.419 e. The summed E-state index contributed by atoms with van der Waals surface area (Å²) in [7, 11) is 0. The Hall–Kier alpha value is -4.84. The predicted octanol–water partition coefficient (Wildman–Crippen LogP) is 6.47. The molecule has 5 rings (SSSR count). The average Bonchev–Trinajstić information content (AvgIpc) is 3.05. The first-order chi connectivity index (χ1) is 22.4. The standard InChI is InChI=1S/C35H35F4N5O3/c1-22(2)34(46)44-23(3)19-43(20-26-28(36)9-6-11-30(26)47-31-10-5-4-8-27(31)35(37,38)39)21-29(44)33(45)42-18-24-12-14-25(15-13-24)32-40-16-7-17-41-32/h4-17,22-23,29H,18-21H2,1-3H3,(H,42,45)/t23-,29-/m1/s1. The molecule has 0 spiro atoms. The lowest BCUT2D eigenvalue weighted by Gasteiger charge is -2.45. The maximum absolute atomic E-state index is 15.3. The van der Waals surface area contributed by atoms with Crippen molar-refractivity contribution in [3.05, 3.63) is 108 Å². The Morgan fingerprint density at radius 1 is 0.936 bits per heavy atom. The van der Waals surface area contributed by atoms with Crippen molar-refractivity contribution in [3.8, 4) is 22.9 Å². The summed E-state index contributed by atoms with van der Waals surface area (Å²) < 4.78 is 61.9. The minimum Gasteiger partial charge on any atom is -0.456 e. The summed E-state index contributed by atoms with van der Waals surface area (Å²) in [5.74, 6) is -1.54. The second-order valence-electron chi connectivity index (χ2n) is 11.8. The first kappa shape index (κ1) is 33.5. The van der Waals surface area contributed by atoms with Gasteiger partial charge in [-0.1, -0.05) is 56.3 Å². The number of nitrogens with one attached hydrogen (secondary N) is 1. The van der Waals surface area contributed by atoms with Crippen LogP contribution >= 0.6 is 0 Å². The van der Waals surface area contributed by atoms with Gasteiger partial charge in [-0.25, -0.2) is 14.4 Å². The number of benzene rings is 3. The van der Waals surface area contributed by atoms with Gasteiger partial charge >= 0.3 is 6.18 Å². The van der Waals surface area contributed by atoms with Gasteiger partial charge < -0.3 is 15.0 Å². The van der Waals surface area contributed by atoms with Crippen molar-refractivity contribution in [1.82, 2.24) is 25.1 Å². The highest BCUT2D eigenvalue weighted by Crippen LogP contribution is 2.39. The molecule has 1 saturated heterocycles. The van der Waals surface area contributed by atoms with Gasteiger partial charge in [0.05, 0.1) is 5.56 Å². The molecular weight excluding hydrogens is 614 g/mol. The highest BCUT2D eigenvalue weighted by molar-refractivity contribution is 5.89. The third kappa shape index (κ3) is 7.94. The van der Waals surface area contributed by atoms with E-state index in [1.165, 1.54) is 36.4 Å². The molecule has 3 aromatic carbocycles. The van der Waals surface area contributed by atoms with Crippen molar-refractivity contribution < 1.29 is 31.9 Å². The molecule has 1 fully saturated rings. The van der Waals surface area contributed by atoms with E-state index < -0.39 is 35.4 Å². The van der Waals surface area contributed by atoms with Gasteiger partial charge in [-0.2, -0.15) is 13.2 Å². The summed E-state index contributed by atoms with van der Waals surface area (Å²) in [5.41, 5.74) is 0.712. The van der Waals surface area contributed by atoms with Crippen LogP contribution in [0.3, 0.4) is 0 Å². The largest absolute Gasteiger partial charge is 0.456 e. The molecule has 0 radical (unpaired) electrons. The lowest BCUT2D eigenvalue weighted by atomic mass is 10.0. The fraction of sp³-hybridized carbons (Fsp3) is 0.314. The van der Waals surface area contributed by atoms with Crippen LogP contribution in [0.2, 0.25) is 0 Å². The fourth-order valence-electron chi connectivity index (χ4n) is 5.63. The minimum absolute atomic E-state index is 0.0435. The molecule has 1 aliphatic heterocycles. The predicted molar refractivity (Wildman–Crippen MR) is 167 cm³/mol. The lowest BCUT2D eigenvalue weighted by molar-refractivity contribution is -0.150. The second-order valence-corrected chi connectivity index (χ2v) is 11.8. The van der Waals surface area contributed by atoms with Crippen LogP contribution < -0.4 is 10.1 Å². The van der Waals surface area contributed by atoms with Crippen LogP contribution in [0.1, 0.15) is 37.5 Å². The summed E-state index contributed by atoms with van der Waals surface area (Å²) in [4.78, 5) is 38.9. The molecule has 2 atom stereocenters. The van der Waals surface area contributed by atoms with Crippen molar-refractivity contribution in [3.63, 3.8) is 0 Å². The molecule has 2 heterocycles. The molecule has 47 heavy (non-hydrogen) atoms. The van der Waals surface area contributed by atoms with Gasteiger partial charge in [-0.15, -0.1) is 0 Å². The molecule has 246 valence electrons. The molecule has 0 bridgehead atoms. The Labute approximate surface area is 270 Å². The van der Waals surface area contributed by atoms with Crippen LogP contribution in [0.15, 0.2) is 85.2 Å². The van der Waals surface area contributed by atoms with Gasteiger partial charge in [0.2, 0.25) is 11.8 Å². The number of hydrogen-bond acceptors (Lipinski definition) is 6. The maximum Gasteiger partial charge on any atom is 0.419 e. The van der Waals surface area contributed by atoms with Crippen LogP contribution in [0.25, 0.3) is 11.4 Å². The number of hydrogen-bond donors (Lipinski definition) is 1. The number of carbonyl (C=O) groups excluding carboxylic acids is 2. The number of para-hydroxylation sites is 1. The molecule has 4 aromatic rings. The third-order valence-electron chi connectivity index (χ3n) is 7.93. The number of carbonyl (C=O) groups is 2. The topological polar surface area (TPSA) is 87.7 Å². The van der Waals surface area contributed by atoms with Crippen LogP contribution in [0, 0.1) is 11.7 Å². The van der Waals surface area contributed by atoms with Crippen LogP contribution in [-0.2, 0) is 28.9 Å². The number of aromatic nitrogens is 2. The van der Waals surface area contributed by atoms with E-state index in [1.54, 1.807) is 37.2 Å². The Morgan fingerprint density at radius 3 is 2.30 bits per heavy atom. The summed E-state index contributed by atoms with van der Waals surface area (Å²) in [6, 6.07) is 16.6. The van der Waals surface area contributed by atoms with Crippen molar-refractivity contribution in [2.75, 3.05) is 13.1 Å². The van der Waals surface area contributed by atoms with Gasteiger partial charge in [-0.3, -0.25) is 14.5 Å². The van der Waals surface area contributed by atoms with Gasteiger partial charge in [0.25, 0.3) is 0 Å². The number of nitrogens with zero attached hydrogens (tertiary/aromatic N) is 4. The van der Waals surface area contributed by atoms with Gasteiger partial charge in [-0.05, 0) is 42.8 Å². The highest BCUT2D eigenvalue weighted by atomic mass is 19.4. The van der Waals surface area contributed by atoms with E-state index in [1.807, 2.05) is 36.1 Å². The molecular formula is C35H35F4N5O3. The number of halogens is 4. The van der Waals surface area contributed by atoms with Gasteiger partial charge in [0.1, 0.15) is 23.4 Å².